The lowest BCUT2D eigenvalue weighted by atomic mass is 10.1. The molecule has 0 saturated heterocycles. The second-order valence-electron chi connectivity index (χ2n) is 9.26. The molecule has 2 amide bonds. The summed E-state index contributed by atoms with van der Waals surface area (Å²) in [7, 11) is 5.25. The van der Waals surface area contributed by atoms with Crippen molar-refractivity contribution < 1.29 is 14.3 Å². The van der Waals surface area contributed by atoms with E-state index in [4.69, 9.17) is 4.74 Å². The zero-order chi connectivity index (χ0) is 24.3. The van der Waals surface area contributed by atoms with Crippen molar-refractivity contribution in [3.63, 3.8) is 0 Å². The first-order chi connectivity index (χ1) is 14.9. The van der Waals surface area contributed by atoms with Crippen LogP contribution >= 0.6 is 24.0 Å². The maximum absolute atomic E-state index is 12.1. The van der Waals surface area contributed by atoms with Crippen LogP contribution in [0.15, 0.2) is 29.3 Å². The predicted octanol–water partition coefficient (Wildman–Crippen LogP) is 3.61. The average molecular weight is 576 g/mol. The number of carbonyl (C=O) groups excluding carboxylic acids is 2. The van der Waals surface area contributed by atoms with E-state index in [0.29, 0.717) is 25.2 Å². The first kappa shape index (κ1) is 31.0. The van der Waals surface area contributed by atoms with Gasteiger partial charge in [0, 0.05) is 52.9 Å². The third-order valence-corrected chi connectivity index (χ3v) is 4.48. The van der Waals surface area contributed by atoms with E-state index in [1.165, 1.54) is 0 Å². The maximum atomic E-state index is 12.1. The van der Waals surface area contributed by atoms with Gasteiger partial charge in [-0.25, -0.2) is 4.79 Å². The van der Waals surface area contributed by atoms with E-state index in [9.17, 15) is 9.59 Å². The van der Waals surface area contributed by atoms with E-state index in [0.717, 1.165) is 24.5 Å². The van der Waals surface area contributed by atoms with Gasteiger partial charge in [0.25, 0.3) is 5.91 Å². The van der Waals surface area contributed by atoms with Crippen molar-refractivity contribution in [3.05, 3.63) is 35.4 Å². The summed E-state index contributed by atoms with van der Waals surface area (Å²) in [5.74, 6) is 0.913. The summed E-state index contributed by atoms with van der Waals surface area (Å²) in [6.07, 6.45) is 0.448. The quantitative estimate of drug-likeness (QED) is 0.267. The van der Waals surface area contributed by atoms with Gasteiger partial charge in [0.2, 0.25) is 0 Å². The number of hydrogen-bond donors (Lipinski definition) is 2. The fraction of sp³-hybridized carbons (Fsp3) is 0.625. The highest BCUT2D eigenvalue weighted by atomic mass is 127. The third kappa shape index (κ3) is 12.7. The second kappa shape index (κ2) is 15.0. The lowest BCUT2D eigenvalue weighted by Gasteiger charge is -2.26. The van der Waals surface area contributed by atoms with Gasteiger partial charge in [-0.15, -0.1) is 24.0 Å². The first-order valence-electron chi connectivity index (χ1n) is 11.2. The van der Waals surface area contributed by atoms with Crippen LogP contribution in [-0.2, 0) is 11.2 Å². The number of guanidine groups is 1. The highest BCUT2D eigenvalue weighted by Gasteiger charge is 2.20. The van der Waals surface area contributed by atoms with Gasteiger partial charge < -0.3 is 25.2 Å². The molecule has 1 atom stereocenters. The van der Waals surface area contributed by atoms with Crippen molar-refractivity contribution in [2.75, 3.05) is 47.3 Å². The summed E-state index contributed by atoms with van der Waals surface area (Å²) in [6, 6.07) is 7.70. The van der Waals surface area contributed by atoms with Crippen LogP contribution in [0.3, 0.4) is 0 Å². The Balaban J connectivity index is 0.0000102. The standard InChI is InChI=1S/C24H41N5O3.HI/c1-9-25-22(27-16-18(2)17-29(8)23(31)32-24(3,4)5)26-14-13-19-11-10-12-20(15-19)21(30)28(6)7;/h10-12,15,18H,9,13-14,16-17H2,1-8H3,(H2,25,26,27);1H. The van der Waals surface area contributed by atoms with Crippen LogP contribution in [0.5, 0.6) is 0 Å². The molecule has 2 N–H and O–H groups in total. The first-order valence-corrected chi connectivity index (χ1v) is 11.2. The van der Waals surface area contributed by atoms with Gasteiger partial charge in [0.05, 0.1) is 0 Å². The van der Waals surface area contributed by atoms with Crippen LogP contribution in [0, 0.1) is 5.92 Å². The van der Waals surface area contributed by atoms with Crippen LogP contribution < -0.4 is 10.6 Å². The molecular weight excluding hydrogens is 533 g/mol. The van der Waals surface area contributed by atoms with E-state index in [1.54, 1.807) is 30.9 Å². The summed E-state index contributed by atoms with van der Waals surface area (Å²) < 4.78 is 5.40. The molecule has 188 valence electrons. The van der Waals surface area contributed by atoms with Crippen molar-refractivity contribution in [1.29, 1.82) is 0 Å². The van der Waals surface area contributed by atoms with E-state index < -0.39 is 5.60 Å². The Hall–Kier alpha value is -2.04. The number of ether oxygens (including phenoxy) is 1. The molecule has 0 fully saturated rings. The van der Waals surface area contributed by atoms with Crippen molar-refractivity contribution in [2.24, 2.45) is 10.9 Å². The summed E-state index contributed by atoms with van der Waals surface area (Å²) in [6.45, 7) is 12.2. The van der Waals surface area contributed by atoms with Gasteiger partial charge in [0.15, 0.2) is 5.96 Å². The molecule has 0 aliphatic rings. The predicted molar refractivity (Wildman–Crippen MR) is 146 cm³/mol. The molecule has 1 rings (SSSR count). The highest BCUT2D eigenvalue weighted by Crippen LogP contribution is 2.10. The maximum Gasteiger partial charge on any atom is 0.410 e. The van der Waals surface area contributed by atoms with Crippen molar-refractivity contribution >= 4 is 41.9 Å². The summed E-state index contributed by atoms with van der Waals surface area (Å²) in [5.41, 5.74) is 1.28. The lowest BCUT2D eigenvalue weighted by Crippen LogP contribution is -2.39. The molecular formula is C24H42IN5O3. The molecule has 1 aromatic carbocycles. The lowest BCUT2D eigenvalue weighted by molar-refractivity contribution is 0.0278. The second-order valence-corrected chi connectivity index (χ2v) is 9.26. The van der Waals surface area contributed by atoms with Gasteiger partial charge in [0.1, 0.15) is 5.60 Å². The van der Waals surface area contributed by atoms with Gasteiger partial charge in [-0.1, -0.05) is 19.1 Å². The molecule has 0 aliphatic carbocycles. The number of benzene rings is 1. The Labute approximate surface area is 216 Å². The molecule has 0 aliphatic heterocycles. The number of nitrogens with one attached hydrogen (secondary N) is 2. The average Bonchev–Trinajstić information content (AvgIpc) is 2.70. The topological polar surface area (TPSA) is 86.3 Å². The third-order valence-electron chi connectivity index (χ3n) is 4.48. The van der Waals surface area contributed by atoms with Gasteiger partial charge in [-0.3, -0.25) is 9.79 Å². The monoisotopic (exact) mass is 575 g/mol. The molecule has 0 spiro atoms. The molecule has 1 unspecified atom stereocenters. The Bertz CT molecular complexity index is 778. The number of carbonyl (C=O) groups is 2. The zero-order valence-corrected chi connectivity index (χ0v) is 23.7. The number of rotatable bonds is 9. The molecule has 9 heteroatoms. The Morgan fingerprint density at radius 1 is 1.15 bits per heavy atom. The largest absolute Gasteiger partial charge is 0.444 e. The molecule has 0 aromatic heterocycles. The smallest absolute Gasteiger partial charge is 0.410 e. The molecule has 33 heavy (non-hydrogen) atoms. The molecule has 8 nitrogen and oxygen atoms in total. The van der Waals surface area contributed by atoms with E-state index >= 15 is 0 Å². The van der Waals surface area contributed by atoms with E-state index in [1.807, 2.05) is 52.0 Å². The van der Waals surface area contributed by atoms with Crippen LogP contribution in [0.25, 0.3) is 0 Å². The zero-order valence-electron chi connectivity index (χ0n) is 21.4. The fourth-order valence-corrected chi connectivity index (χ4v) is 2.97. The Morgan fingerprint density at radius 2 is 1.82 bits per heavy atom. The summed E-state index contributed by atoms with van der Waals surface area (Å²) in [5, 5.41) is 6.59. The summed E-state index contributed by atoms with van der Waals surface area (Å²) in [4.78, 5) is 32.1. The number of nitrogens with zero attached hydrogens (tertiary/aromatic N) is 3. The summed E-state index contributed by atoms with van der Waals surface area (Å²) >= 11 is 0. The molecule has 1 aromatic rings. The fourth-order valence-electron chi connectivity index (χ4n) is 2.97. The normalized spacial score (nSPS) is 12.3. The van der Waals surface area contributed by atoms with Gasteiger partial charge in [-0.05, 0) is 57.7 Å². The molecule has 0 saturated carbocycles. The van der Waals surface area contributed by atoms with Crippen LogP contribution in [0.1, 0.15) is 50.5 Å². The van der Waals surface area contributed by atoms with Gasteiger partial charge in [-0.2, -0.15) is 0 Å². The number of amides is 2. The Morgan fingerprint density at radius 3 is 2.39 bits per heavy atom. The van der Waals surface area contributed by atoms with E-state index in [-0.39, 0.29) is 41.9 Å². The number of halogens is 1. The highest BCUT2D eigenvalue weighted by molar-refractivity contribution is 14.0. The van der Waals surface area contributed by atoms with Crippen molar-refractivity contribution in [1.82, 2.24) is 20.4 Å². The molecule has 0 heterocycles. The molecule has 0 radical (unpaired) electrons. The van der Waals surface area contributed by atoms with Gasteiger partial charge >= 0.3 is 6.09 Å². The minimum Gasteiger partial charge on any atom is -0.444 e. The van der Waals surface area contributed by atoms with Crippen molar-refractivity contribution in [2.45, 2.75) is 46.6 Å². The molecule has 0 bridgehead atoms. The van der Waals surface area contributed by atoms with Crippen LogP contribution in [-0.4, -0.2) is 80.7 Å². The number of hydrogen-bond acceptors (Lipinski definition) is 4. The van der Waals surface area contributed by atoms with Crippen LogP contribution in [0.4, 0.5) is 4.79 Å². The SMILES string of the molecule is CCNC(=NCC(C)CN(C)C(=O)OC(C)(C)C)NCCc1cccc(C(=O)N(C)C)c1.I. The number of aliphatic imine (C=N–C) groups is 1. The minimum absolute atomic E-state index is 0. The Kier molecular flexibility index (Phi) is 14.1. The van der Waals surface area contributed by atoms with Crippen molar-refractivity contribution in [3.8, 4) is 0 Å². The van der Waals surface area contributed by atoms with E-state index in [2.05, 4.69) is 22.5 Å². The minimum atomic E-state index is -0.506. The van der Waals surface area contributed by atoms with Crippen LogP contribution in [0.2, 0.25) is 0 Å².